The first-order chi connectivity index (χ1) is 11.8. The SMILES string of the molecule is Cc1cc(C)cc(C[C@H](C(=O)Nc2ccccc2I)[C@H](C)C(=O)[O-])c1. The van der Waals surface area contributed by atoms with Crippen LogP contribution in [-0.2, 0) is 16.0 Å². The van der Waals surface area contributed by atoms with Crippen LogP contribution in [0.25, 0.3) is 0 Å². The van der Waals surface area contributed by atoms with Crippen molar-refractivity contribution in [1.29, 1.82) is 0 Å². The Bertz CT molecular complexity index is 768. The number of aryl methyl sites for hydroxylation is 2. The number of carboxylic acids is 1. The molecule has 2 aromatic carbocycles. The highest BCUT2D eigenvalue weighted by atomic mass is 127. The largest absolute Gasteiger partial charge is 0.550 e. The summed E-state index contributed by atoms with van der Waals surface area (Å²) in [6, 6.07) is 13.4. The van der Waals surface area contributed by atoms with E-state index < -0.39 is 17.8 Å². The van der Waals surface area contributed by atoms with E-state index in [1.165, 1.54) is 6.92 Å². The molecule has 0 saturated heterocycles. The highest BCUT2D eigenvalue weighted by Gasteiger charge is 2.27. The maximum atomic E-state index is 12.8. The lowest BCUT2D eigenvalue weighted by Crippen LogP contribution is -2.40. The first-order valence-electron chi connectivity index (χ1n) is 8.11. The molecule has 2 rings (SSSR count). The normalized spacial score (nSPS) is 13.1. The number of carboxylic acid groups (broad SMARTS) is 1. The summed E-state index contributed by atoms with van der Waals surface area (Å²) in [5.74, 6) is -3.11. The molecular weight excluding hydrogens is 429 g/mol. The quantitative estimate of drug-likeness (QED) is 0.688. The van der Waals surface area contributed by atoms with Crippen molar-refractivity contribution in [3.8, 4) is 0 Å². The van der Waals surface area contributed by atoms with Gasteiger partial charge in [0.1, 0.15) is 0 Å². The molecule has 0 fully saturated rings. The number of carbonyl (C=O) groups is 2. The van der Waals surface area contributed by atoms with E-state index in [-0.39, 0.29) is 5.91 Å². The molecule has 0 radical (unpaired) electrons. The fourth-order valence-corrected chi connectivity index (χ4v) is 3.41. The van der Waals surface area contributed by atoms with Gasteiger partial charge in [0, 0.05) is 15.5 Å². The van der Waals surface area contributed by atoms with Crippen LogP contribution in [0.2, 0.25) is 0 Å². The van der Waals surface area contributed by atoms with E-state index in [2.05, 4.69) is 27.9 Å². The van der Waals surface area contributed by atoms with Crippen LogP contribution < -0.4 is 10.4 Å². The topological polar surface area (TPSA) is 69.2 Å². The number of anilines is 1. The Labute approximate surface area is 161 Å². The standard InChI is InChI=1S/C20H22INO3/c1-12-8-13(2)10-15(9-12)11-16(14(3)20(24)25)19(23)22-18-7-5-4-6-17(18)21/h4-10,14,16H,11H2,1-3H3,(H,22,23)(H,24,25)/p-1/t14-,16-/m0/s1. The van der Waals surface area contributed by atoms with Gasteiger partial charge in [-0.1, -0.05) is 48.4 Å². The smallest absolute Gasteiger partial charge is 0.228 e. The molecule has 132 valence electrons. The minimum atomic E-state index is -1.22. The van der Waals surface area contributed by atoms with Crippen molar-refractivity contribution in [2.75, 3.05) is 5.32 Å². The number of aliphatic carboxylic acids is 1. The van der Waals surface area contributed by atoms with E-state index in [4.69, 9.17) is 0 Å². The van der Waals surface area contributed by atoms with Gasteiger partial charge >= 0.3 is 0 Å². The van der Waals surface area contributed by atoms with E-state index in [1.54, 1.807) is 6.07 Å². The first-order valence-corrected chi connectivity index (χ1v) is 9.19. The van der Waals surface area contributed by atoms with Crippen LogP contribution >= 0.6 is 22.6 Å². The second kappa shape index (κ2) is 8.47. The molecule has 1 amide bonds. The Kier molecular flexibility index (Phi) is 6.58. The van der Waals surface area contributed by atoms with Crippen LogP contribution in [0, 0.1) is 29.3 Å². The number of nitrogens with one attached hydrogen (secondary N) is 1. The first kappa shape index (κ1) is 19.4. The highest BCUT2D eigenvalue weighted by Crippen LogP contribution is 2.23. The number of hydrogen-bond donors (Lipinski definition) is 1. The molecule has 1 N–H and O–H groups in total. The van der Waals surface area contributed by atoms with Crippen LogP contribution in [-0.4, -0.2) is 11.9 Å². The minimum Gasteiger partial charge on any atom is -0.550 e. The number of benzene rings is 2. The highest BCUT2D eigenvalue weighted by molar-refractivity contribution is 14.1. The number of carbonyl (C=O) groups excluding carboxylic acids is 2. The van der Waals surface area contributed by atoms with Gasteiger partial charge < -0.3 is 15.2 Å². The van der Waals surface area contributed by atoms with Gasteiger partial charge in [0.15, 0.2) is 0 Å². The van der Waals surface area contributed by atoms with Crippen LogP contribution in [0.3, 0.4) is 0 Å². The van der Waals surface area contributed by atoms with Crippen LogP contribution in [0.1, 0.15) is 23.6 Å². The average Bonchev–Trinajstić information content (AvgIpc) is 2.53. The monoisotopic (exact) mass is 450 g/mol. The molecule has 2 atom stereocenters. The number of amides is 1. The summed E-state index contributed by atoms with van der Waals surface area (Å²) in [6.45, 7) is 5.50. The Morgan fingerprint density at radius 2 is 1.72 bits per heavy atom. The number of rotatable bonds is 6. The summed E-state index contributed by atoms with van der Waals surface area (Å²) in [4.78, 5) is 24.2. The van der Waals surface area contributed by atoms with E-state index >= 15 is 0 Å². The second-order valence-electron chi connectivity index (χ2n) is 6.38. The Morgan fingerprint density at radius 3 is 2.28 bits per heavy atom. The molecule has 25 heavy (non-hydrogen) atoms. The molecule has 0 aliphatic rings. The zero-order valence-electron chi connectivity index (χ0n) is 14.5. The van der Waals surface area contributed by atoms with Gasteiger partial charge in [-0.25, -0.2) is 0 Å². The molecule has 0 saturated carbocycles. The molecule has 0 aliphatic carbocycles. The maximum Gasteiger partial charge on any atom is 0.228 e. The minimum absolute atomic E-state index is 0.306. The van der Waals surface area contributed by atoms with Gasteiger partial charge in [-0.3, -0.25) is 4.79 Å². The van der Waals surface area contributed by atoms with Crippen LogP contribution in [0.5, 0.6) is 0 Å². The van der Waals surface area contributed by atoms with E-state index in [1.807, 2.05) is 50.2 Å². The average molecular weight is 450 g/mol. The molecule has 2 aromatic rings. The van der Waals surface area contributed by atoms with E-state index in [0.29, 0.717) is 12.1 Å². The molecule has 0 heterocycles. The molecule has 0 aliphatic heterocycles. The zero-order chi connectivity index (χ0) is 18.6. The number of hydrogen-bond acceptors (Lipinski definition) is 3. The molecule has 4 nitrogen and oxygen atoms in total. The third-order valence-corrected chi connectivity index (χ3v) is 5.12. The lowest BCUT2D eigenvalue weighted by molar-refractivity contribution is -0.312. The molecule has 0 spiro atoms. The maximum absolute atomic E-state index is 12.8. The van der Waals surface area contributed by atoms with Crippen molar-refractivity contribution < 1.29 is 14.7 Å². The van der Waals surface area contributed by atoms with E-state index in [9.17, 15) is 14.7 Å². The number of halogens is 1. The summed E-state index contributed by atoms with van der Waals surface area (Å²) in [7, 11) is 0. The second-order valence-corrected chi connectivity index (χ2v) is 7.55. The molecule has 0 aromatic heterocycles. The summed E-state index contributed by atoms with van der Waals surface area (Å²) < 4.78 is 0.903. The molecule has 0 bridgehead atoms. The Hall–Kier alpha value is -1.89. The summed E-state index contributed by atoms with van der Waals surface area (Å²) in [5, 5.41) is 14.3. The third kappa shape index (κ3) is 5.29. The summed E-state index contributed by atoms with van der Waals surface area (Å²) >= 11 is 2.14. The van der Waals surface area contributed by atoms with Crippen molar-refractivity contribution >= 4 is 40.2 Å². The lowest BCUT2D eigenvalue weighted by Gasteiger charge is -2.24. The van der Waals surface area contributed by atoms with Gasteiger partial charge in [-0.05, 0) is 60.6 Å². The fraction of sp³-hybridized carbons (Fsp3) is 0.300. The summed E-state index contributed by atoms with van der Waals surface area (Å²) in [5.41, 5.74) is 3.82. The molecule has 5 heteroatoms. The Balaban J connectivity index is 2.27. The van der Waals surface area contributed by atoms with Crippen molar-refractivity contribution in [3.05, 3.63) is 62.7 Å². The predicted molar refractivity (Wildman–Crippen MR) is 105 cm³/mol. The van der Waals surface area contributed by atoms with Crippen molar-refractivity contribution in [1.82, 2.24) is 0 Å². The molecule has 0 unspecified atom stereocenters. The van der Waals surface area contributed by atoms with Gasteiger partial charge in [0.2, 0.25) is 5.91 Å². The van der Waals surface area contributed by atoms with Crippen molar-refractivity contribution in [2.45, 2.75) is 27.2 Å². The Morgan fingerprint density at radius 1 is 1.12 bits per heavy atom. The van der Waals surface area contributed by atoms with Crippen LogP contribution in [0.4, 0.5) is 5.69 Å². The van der Waals surface area contributed by atoms with Gasteiger partial charge in [-0.15, -0.1) is 0 Å². The third-order valence-electron chi connectivity index (χ3n) is 4.18. The van der Waals surface area contributed by atoms with Gasteiger partial charge in [0.25, 0.3) is 0 Å². The summed E-state index contributed by atoms with van der Waals surface area (Å²) in [6.07, 6.45) is 0.354. The lowest BCUT2D eigenvalue weighted by atomic mass is 9.86. The van der Waals surface area contributed by atoms with Gasteiger partial charge in [0.05, 0.1) is 11.6 Å². The van der Waals surface area contributed by atoms with Crippen LogP contribution in [0.15, 0.2) is 42.5 Å². The van der Waals surface area contributed by atoms with Crippen molar-refractivity contribution in [2.24, 2.45) is 11.8 Å². The fourth-order valence-electron chi connectivity index (χ4n) is 2.89. The predicted octanol–water partition coefficient (Wildman–Crippen LogP) is 3.09. The molecular formula is C20H21INO3-. The zero-order valence-corrected chi connectivity index (χ0v) is 16.7. The van der Waals surface area contributed by atoms with Gasteiger partial charge in [-0.2, -0.15) is 0 Å². The van der Waals surface area contributed by atoms with Crippen molar-refractivity contribution in [3.63, 3.8) is 0 Å². The number of para-hydroxylation sites is 1. The van der Waals surface area contributed by atoms with E-state index in [0.717, 1.165) is 20.3 Å².